The number of anilines is 6. The minimum Gasteiger partial charge on any atom is -0.310 e. The van der Waals surface area contributed by atoms with E-state index < -0.39 is 0 Å². The first-order valence-electron chi connectivity index (χ1n) is 20.0. The van der Waals surface area contributed by atoms with Crippen molar-refractivity contribution in [3.8, 4) is 16.8 Å². The number of benzene rings is 8. The third kappa shape index (κ3) is 4.91. The molecule has 3 heterocycles. The molecular formula is C54H43N3. The Morgan fingerprint density at radius 3 is 1.21 bits per heavy atom. The molecule has 0 N–H and O–H groups in total. The molecule has 0 spiro atoms. The molecular weight excluding hydrogens is 691 g/mol. The topological polar surface area (TPSA) is 11.4 Å². The van der Waals surface area contributed by atoms with Crippen LogP contribution in [0.5, 0.6) is 0 Å². The lowest BCUT2D eigenvalue weighted by atomic mass is 9.71. The molecule has 0 atom stereocenters. The zero-order valence-corrected chi connectivity index (χ0v) is 32.7. The fourth-order valence-electron chi connectivity index (χ4n) is 9.85. The van der Waals surface area contributed by atoms with Crippen LogP contribution in [-0.4, -0.2) is 4.57 Å². The third-order valence-electron chi connectivity index (χ3n) is 12.8. The number of nitrogens with zero attached hydrogens (tertiary/aromatic N) is 3. The molecule has 0 amide bonds. The molecule has 0 saturated carbocycles. The summed E-state index contributed by atoms with van der Waals surface area (Å²) < 4.78 is 2.39. The number of hydrogen-bond acceptors (Lipinski definition) is 2. The van der Waals surface area contributed by atoms with Crippen molar-refractivity contribution < 1.29 is 0 Å². The highest BCUT2D eigenvalue weighted by Crippen LogP contribution is 2.55. The molecule has 8 aromatic carbocycles. The molecule has 274 valence electrons. The maximum absolute atomic E-state index is 2.46. The molecule has 2 aliphatic rings. The van der Waals surface area contributed by atoms with Crippen molar-refractivity contribution in [1.82, 2.24) is 4.57 Å². The quantitative estimate of drug-likeness (QED) is 0.178. The minimum absolute atomic E-state index is 0.179. The molecule has 2 aliphatic heterocycles. The highest BCUT2D eigenvalue weighted by molar-refractivity contribution is 6.09. The molecule has 1 aromatic heterocycles. The number of aromatic nitrogens is 1. The summed E-state index contributed by atoms with van der Waals surface area (Å²) >= 11 is 0. The Balaban J connectivity index is 1.03. The lowest BCUT2D eigenvalue weighted by Crippen LogP contribution is -2.31. The van der Waals surface area contributed by atoms with E-state index >= 15 is 0 Å². The van der Waals surface area contributed by atoms with E-state index in [9.17, 15) is 0 Å². The van der Waals surface area contributed by atoms with Crippen molar-refractivity contribution in [1.29, 1.82) is 0 Å². The third-order valence-corrected chi connectivity index (χ3v) is 12.8. The molecule has 11 rings (SSSR count). The van der Waals surface area contributed by atoms with Crippen molar-refractivity contribution in [2.24, 2.45) is 0 Å². The van der Waals surface area contributed by atoms with Gasteiger partial charge in [-0.05, 0) is 118 Å². The van der Waals surface area contributed by atoms with E-state index in [2.05, 4.69) is 230 Å². The zero-order valence-electron chi connectivity index (χ0n) is 32.7. The Labute approximate surface area is 334 Å². The summed E-state index contributed by atoms with van der Waals surface area (Å²) in [4.78, 5) is 4.89. The molecule has 0 radical (unpaired) electrons. The summed E-state index contributed by atoms with van der Waals surface area (Å²) in [7, 11) is 0. The van der Waals surface area contributed by atoms with Gasteiger partial charge in [0.25, 0.3) is 0 Å². The van der Waals surface area contributed by atoms with E-state index in [1.165, 1.54) is 83.6 Å². The lowest BCUT2D eigenvalue weighted by molar-refractivity contribution is 0.631. The Morgan fingerprint density at radius 1 is 0.316 bits per heavy atom. The van der Waals surface area contributed by atoms with Gasteiger partial charge < -0.3 is 14.4 Å². The Bertz CT molecular complexity index is 2970. The van der Waals surface area contributed by atoms with Gasteiger partial charge in [-0.15, -0.1) is 0 Å². The van der Waals surface area contributed by atoms with E-state index in [0.29, 0.717) is 0 Å². The van der Waals surface area contributed by atoms with Crippen LogP contribution in [0.25, 0.3) is 38.6 Å². The molecule has 9 aromatic rings. The number of fused-ring (bicyclic) bond motifs is 7. The SMILES string of the molecule is CC1(C)c2ccccc2N(c2ccccc2)c2ccc(-c3ccc4c(c3)C(C)(C)c3ccccc3N4c3ccc(-n4c5ccccc5c5ccccc54)cc3)cc21. The average molecular weight is 734 g/mol. The Morgan fingerprint density at radius 2 is 0.702 bits per heavy atom. The van der Waals surface area contributed by atoms with Crippen LogP contribution >= 0.6 is 0 Å². The highest BCUT2D eigenvalue weighted by atomic mass is 15.2. The first-order chi connectivity index (χ1) is 27.8. The zero-order chi connectivity index (χ0) is 38.5. The predicted octanol–water partition coefficient (Wildman–Crippen LogP) is 14.7. The molecule has 3 nitrogen and oxygen atoms in total. The van der Waals surface area contributed by atoms with Gasteiger partial charge >= 0.3 is 0 Å². The van der Waals surface area contributed by atoms with Gasteiger partial charge in [-0.2, -0.15) is 0 Å². The molecule has 0 aliphatic carbocycles. The first kappa shape index (κ1) is 33.5. The summed E-state index contributed by atoms with van der Waals surface area (Å²) in [5.74, 6) is 0. The van der Waals surface area contributed by atoms with Crippen LogP contribution in [0.15, 0.2) is 188 Å². The highest BCUT2D eigenvalue weighted by Gasteiger charge is 2.39. The van der Waals surface area contributed by atoms with Crippen LogP contribution in [0.2, 0.25) is 0 Å². The number of rotatable bonds is 4. The van der Waals surface area contributed by atoms with Crippen molar-refractivity contribution in [3.05, 3.63) is 210 Å². The van der Waals surface area contributed by atoms with Crippen LogP contribution in [0, 0.1) is 0 Å². The van der Waals surface area contributed by atoms with E-state index in [-0.39, 0.29) is 10.8 Å². The summed E-state index contributed by atoms with van der Waals surface area (Å²) in [5.41, 5.74) is 18.2. The molecule has 0 unspecified atom stereocenters. The van der Waals surface area contributed by atoms with Crippen LogP contribution < -0.4 is 9.80 Å². The summed E-state index contributed by atoms with van der Waals surface area (Å²) in [6.07, 6.45) is 0. The standard InChI is InChI=1S/C54H43N3/c1-53(2)43-20-10-14-24-49(43)56(38-16-6-5-7-17-38)51-32-26-36(34-45(51)53)37-27-33-52-46(35-37)54(3,4)44-21-11-15-25-50(44)57(52)40-30-28-39(29-31-40)55-47-22-12-8-18-41(47)42-19-9-13-23-48(42)55/h5-35H,1-4H3. The molecule has 57 heavy (non-hydrogen) atoms. The maximum atomic E-state index is 2.46. The van der Waals surface area contributed by atoms with E-state index in [1.807, 2.05) is 0 Å². The second kappa shape index (κ2) is 12.3. The van der Waals surface area contributed by atoms with Crippen molar-refractivity contribution in [2.45, 2.75) is 38.5 Å². The van der Waals surface area contributed by atoms with Gasteiger partial charge in [-0.25, -0.2) is 0 Å². The van der Waals surface area contributed by atoms with Crippen LogP contribution in [-0.2, 0) is 10.8 Å². The molecule has 0 fully saturated rings. The van der Waals surface area contributed by atoms with E-state index in [4.69, 9.17) is 0 Å². The van der Waals surface area contributed by atoms with Gasteiger partial charge in [0.05, 0.1) is 33.8 Å². The normalized spacial score (nSPS) is 14.9. The van der Waals surface area contributed by atoms with Gasteiger partial charge in [0, 0.05) is 38.7 Å². The van der Waals surface area contributed by atoms with Crippen molar-refractivity contribution in [3.63, 3.8) is 0 Å². The fraction of sp³-hybridized carbons (Fsp3) is 0.111. The second-order valence-electron chi connectivity index (χ2n) is 16.6. The van der Waals surface area contributed by atoms with Gasteiger partial charge in [-0.3, -0.25) is 0 Å². The maximum Gasteiger partial charge on any atom is 0.0541 e. The van der Waals surface area contributed by atoms with E-state index in [0.717, 1.165) is 11.4 Å². The van der Waals surface area contributed by atoms with E-state index in [1.54, 1.807) is 0 Å². The minimum atomic E-state index is -0.210. The van der Waals surface area contributed by atoms with Crippen LogP contribution in [0.3, 0.4) is 0 Å². The van der Waals surface area contributed by atoms with Gasteiger partial charge in [0.15, 0.2) is 0 Å². The first-order valence-corrected chi connectivity index (χ1v) is 20.0. The number of para-hydroxylation sites is 5. The van der Waals surface area contributed by atoms with Gasteiger partial charge in [0.2, 0.25) is 0 Å². The van der Waals surface area contributed by atoms with Gasteiger partial charge in [0.1, 0.15) is 0 Å². The Hall–Kier alpha value is -6.84. The summed E-state index contributed by atoms with van der Waals surface area (Å²) in [5, 5.41) is 2.55. The van der Waals surface area contributed by atoms with Crippen LogP contribution in [0.1, 0.15) is 49.9 Å². The fourth-order valence-corrected chi connectivity index (χ4v) is 9.85. The largest absolute Gasteiger partial charge is 0.310 e. The Kier molecular flexibility index (Phi) is 7.25. The van der Waals surface area contributed by atoms with Gasteiger partial charge in [-0.1, -0.05) is 131 Å². The smallest absolute Gasteiger partial charge is 0.0541 e. The number of hydrogen-bond donors (Lipinski definition) is 0. The average Bonchev–Trinajstić information content (AvgIpc) is 3.59. The molecule has 3 heteroatoms. The molecule has 0 bridgehead atoms. The van der Waals surface area contributed by atoms with Crippen molar-refractivity contribution >= 4 is 55.9 Å². The molecule has 0 saturated heterocycles. The lowest BCUT2D eigenvalue weighted by Gasteiger charge is -2.43. The van der Waals surface area contributed by atoms with Crippen LogP contribution in [0.4, 0.5) is 34.1 Å². The summed E-state index contributed by atoms with van der Waals surface area (Å²) in [6, 6.07) is 69.3. The predicted molar refractivity (Wildman–Crippen MR) is 240 cm³/mol. The second-order valence-corrected chi connectivity index (χ2v) is 16.6. The summed E-state index contributed by atoms with van der Waals surface area (Å²) in [6.45, 7) is 9.49. The monoisotopic (exact) mass is 733 g/mol. The van der Waals surface area contributed by atoms with Crippen molar-refractivity contribution in [2.75, 3.05) is 9.80 Å².